The fourth-order valence-electron chi connectivity index (χ4n) is 0.842. The van der Waals surface area contributed by atoms with E-state index in [4.69, 9.17) is 15.3 Å². The third kappa shape index (κ3) is 0.657. The van der Waals surface area contributed by atoms with Gasteiger partial charge >= 0.3 is 0 Å². The minimum Gasteiger partial charge on any atom is -0.481 e. The zero-order valence-electron chi connectivity index (χ0n) is 5.00. The van der Waals surface area contributed by atoms with Crippen molar-refractivity contribution < 1.29 is 9.52 Å². The average molecular weight is 155 g/mol. The molecule has 0 saturated carbocycles. The molecule has 0 fully saturated rings. The lowest BCUT2D eigenvalue weighted by Gasteiger charge is -1.76. The number of furan rings is 1. The van der Waals surface area contributed by atoms with Gasteiger partial charge in [-0.2, -0.15) is 0 Å². The lowest BCUT2D eigenvalue weighted by Crippen LogP contribution is -1.72. The van der Waals surface area contributed by atoms with E-state index in [1.54, 1.807) is 12.1 Å². The minimum absolute atomic E-state index is 0.0544. The molecule has 2 aromatic heterocycles. The maximum Gasteiger partial charge on any atom is 0.283 e. The van der Waals surface area contributed by atoms with Gasteiger partial charge in [-0.3, -0.25) is 0 Å². The summed E-state index contributed by atoms with van der Waals surface area (Å²) in [6.45, 7) is 0. The molecule has 0 aliphatic carbocycles. The van der Waals surface area contributed by atoms with Crippen LogP contribution in [-0.2, 0) is 0 Å². The van der Waals surface area contributed by atoms with E-state index in [2.05, 4.69) is 0 Å². The molecule has 0 unspecified atom stereocenters. The van der Waals surface area contributed by atoms with Gasteiger partial charge in [0, 0.05) is 12.1 Å². The molecule has 3 N–H and O–H groups in total. The second-order valence-corrected chi connectivity index (χ2v) is 3.08. The third-order valence-electron chi connectivity index (χ3n) is 1.21. The van der Waals surface area contributed by atoms with Gasteiger partial charge in [-0.1, -0.05) is 0 Å². The van der Waals surface area contributed by atoms with Gasteiger partial charge in [0.05, 0.1) is 9.70 Å². The molecule has 2 heterocycles. The summed E-state index contributed by atoms with van der Waals surface area (Å²) < 4.78 is 5.76. The van der Waals surface area contributed by atoms with Crippen molar-refractivity contribution in [2.45, 2.75) is 0 Å². The summed E-state index contributed by atoms with van der Waals surface area (Å²) in [7, 11) is 0. The number of rotatable bonds is 0. The number of aromatic hydroxyl groups is 1. The highest BCUT2D eigenvalue weighted by molar-refractivity contribution is 7.22. The van der Waals surface area contributed by atoms with Gasteiger partial charge in [-0.05, 0) is 0 Å². The van der Waals surface area contributed by atoms with Gasteiger partial charge in [0.25, 0.3) is 5.95 Å². The SMILES string of the molecule is Nc1cc2oc(O)cc2s1. The Labute approximate surface area is 60.7 Å². The molecule has 0 saturated heterocycles. The van der Waals surface area contributed by atoms with Gasteiger partial charge in [0.1, 0.15) is 0 Å². The molecular weight excluding hydrogens is 150 g/mol. The van der Waals surface area contributed by atoms with Crippen LogP contribution >= 0.6 is 11.3 Å². The molecule has 2 aromatic rings. The maximum atomic E-state index is 8.84. The molecular formula is C6H5NO2S. The molecule has 0 amide bonds. The number of hydrogen-bond donors (Lipinski definition) is 2. The fourth-order valence-corrected chi connectivity index (χ4v) is 1.62. The van der Waals surface area contributed by atoms with Gasteiger partial charge in [0.15, 0.2) is 5.58 Å². The van der Waals surface area contributed by atoms with E-state index in [9.17, 15) is 0 Å². The van der Waals surface area contributed by atoms with Crippen molar-refractivity contribution in [2.24, 2.45) is 0 Å². The first-order valence-corrected chi connectivity index (χ1v) is 3.55. The zero-order chi connectivity index (χ0) is 7.14. The molecule has 4 heteroatoms. The molecule has 10 heavy (non-hydrogen) atoms. The summed E-state index contributed by atoms with van der Waals surface area (Å²) in [5.74, 6) is -0.0544. The van der Waals surface area contributed by atoms with Crippen LogP contribution < -0.4 is 5.73 Å². The molecule has 0 bridgehead atoms. The van der Waals surface area contributed by atoms with Crippen LogP contribution in [0, 0.1) is 0 Å². The van der Waals surface area contributed by atoms with Crippen LogP contribution in [0.25, 0.3) is 10.3 Å². The molecule has 0 aliphatic rings. The quantitative estimate of drug-likeness (QED) is 0.609. The molecule has 0 aromatic carbocycles. The van der Waals surface area contributed by atoms with E-state index >= 15 is 0 Å². The minimum atomic E-state index is -0.0544. The van der Waals surface area contributed by atoms with Crippen LogP contribution in [0.1, 0.15) is 0 Å². The standard InChI is InChI=1S/C6H5NO2S/c7-5-1-3-4(10-5)2-6(8)9-3/h1-2,8H,7H2. The Morgan fingerprint density at radius 3 is 3.00 bits per heavy atom. The largest absolute Gasteiger partial charge is 0.481 e. The van der Waals surface area contributed by atoms with Crippen molar-refractivity contribution in [2.75, 3.05) is 5.73 Å². The second kappa shape index (κ2) is 1.67. The van der Waals surface area contributed by atoms with Crippen LogP contribution in [0.15, 0.2) is 16.5 Å². The predicted octanol–water partition coefficient (Wildman–Crippen LogP) is 1.78. The Bertz CT molecular complexity index is 300. The molecule has 0 spiro atoms. The molecule has 2 rings (SSSR count). The first kappa shape index (κ1) is 5.61. The normalized spacial score (nSPS) is 10.8. The predicted molar refractivity (Wildman–Crippen MR) is 40.2 cm³/mol. The third-order valence-corrected chi connectivity index (χ3v) is 2.11. The Morgan fingerprint density at radius 1 is 1.50 bits per heavy atom. The summed E-state index contributed by atoms with van der Waals surface area (Å²) in [5.41, 5.74) is 6.11. The highest BCUT2D eigenvalue weighted by Crippen LogP contribution is 2.32. The summed E-state index contributed by atoms with van der Waals surface area (Å²) >= 11 is 1.40. The van der Waals surface area contributed by atoms with Crippen LogP contribution in [0.5, 0.6) is 5.95 Å². The Morgan fingerprint density at radius 2 is 2.30 bits per heavy atom. The second-order valence-electron chi connectivity index (χ2n) is 1.96. The van der Waals surface area contributed by atoms with Crippen LogP contribution in [0.2, 0.25) is 0 Å². The number of thiophene rings is 1. The summed E-state index contributed by atoms with van der Waals surface area (Å²) in [4.78, 5) is 0. The molecule has 0 atom stereocenters. The van der Waals surface area contributed by atoms with Gasteiger partial charge in [-0.25, -0.2) is 0 Å². The Kier molecular flexibility index (Phi) is 0.935. The van der Waals surface area contributed by atoms with E-state index in [0.29, 0.717) is 10.6 Å². The number of hydrogen-bond acceptors (Lipinski definition) is 4. The number of nitrogen functional groups attached to an aromatic ring is 1. The first-order chi connectivity index (χ1) is 4.75. The highest BCUT2D eigenvalue weighted by atomic mass is 32.1. The van der Waals surface area contributed by atoms with Gasteiger partial charge in [-0.15, -0.1) is 11.3 Å². The lowest BCUT2D eigenvalue weighted by atomic mass is 10.5. The van der Waals surface area contributed by atoms with Crippen LogP contribution in [0.3, 0.4) is 0 Å². The molecule has 0 aliphatic heterocycles. The number of nitrogens with two attached hydrogens (primary N) is 1. The monoisotopic (exact) mass is 155 g/mol. The summed E-state index contributed by atoms with van der Waals surface area (Å²) in [6, 6.07) is 3.25. The Balaban J connectivity index is 2.83. The van der Waals surface area contributed by atoms with E-state index in [-0.39, 0.29) is 5.95 Å². The van der Waals surface area contributed by atoms with Crippen LogP contribution in [0.4, 0.5) is 5.00 Å². The summed E-state index contributed by atoms with van der Waals surface area (Å²) in [6.07, 6.45) is 0. The van der Waals surface area contributed by atoms with E-state index in [0.717, 1.165) is 4.70 Å². The van der Waals surface area contributed by atoms with Crippen molar-refractivity contribution >= 4 is 26.6 Å². The van der Waals surface area contributed by atoms with Gasteiger partial charge < -0.3 is 15.3 Å². The van der Waals surface area contributed by atoms with Gasteiger partial charge in [0.2, 0.25) is 0 Å². The number of fused-ring (bicyclic) bond motifs is 1. The zero-order valence-corrected chi connectivity index (χ0v) is 5.81. The fraction of sp³-hybridized carbons (Fsp3) is 0. The topological polar surface area (TPSA) is 59.4 Å². The van der Waals surface area contributed by atoms with E-state index in [1.165, 1.54) is 11.3 Å². The van der Waals surface area contributed by atoms with E-state index in [1.807, 2.05) is 0 Å². The van der Waals surface area contributed by atoms with Crippen molar-refractivity contribution in [3.8, 4) is 5.95 Å². The Hall–Kier alpha value is -1.16. The molecule has 3 nitrogen and oxygen atoms in total. The van der Waals surface area contributed by atoms with Crippen LogP contribution in [-0.4, -0.2) is 5.11 Å². The van der Waals surface area contributed by atoms with Crippen molar-refractivity contribution in [1.82, 2.24) is 0 Å². The van der Waals surface area contributed by atoms with Crippen molar-refractivity contribution in [3.63, 3.8) is 0 Å². The number of anilines is 1. The van der Waals surface area contributed by atoms with Crippen molar-refractivity contribution in [1.29, 1.82) is 0 Å². The summed E-state index contributed by atoms with van der Waals surface area (Å²) in [5, 5.41) is 9.54. The van der Waals surface area contributed by atoms with Crippen molar-refractivity contribution in [3.05, 3.63) is 12.1 Å². The molecule has 52 valence electrons. The molecule has 0 radical (unpaired) electrons. The highest BCUT2D eigenvalue weighted by Gasteiger charge is 2.04. The maximum absolute atomic E-state index is 8.84. The smallest absolute Gasteiger partial charge is 0.283 e. The van der Waals surface area contributed by atoms with E-state index < -0.39 is 0 Å². The lowest BCUT2D eigenvalue weighted by molar-refractivity contribution is 0.346. The first-order valence-electron chi connectivity index (χ1n) is 2.73. The average Bonchev–Trinajstić information content (AvgIpc) is 2.21.